The Labute approximate surface area is 194 Å². The molecule has 8 nitrogen and oxygen atoms in total. The van der Waals surface area contributed by atoms with Crippen molar-refractivity contribution >= 4 is 36.6 Å². The lowest BCUT2D eigenvalue weighted by atomic mass is 10.1. The van der Waals surface area contributed by atoms with Crippen molar-refractivity contribution in [3.63, 3.8) is 0 Å². The second-order valence-corrected chi connectivity index (χ2v) is 12.3. The van der Waals surface area contributed by atoms with Gasteiger partial charge in [-0.25, -0.2) is 21.8 Å². The highest BCUT2D eigenvalue weighted by Crippen LogP contribution is 2.24. The molecule has 0 bridgehead atoms. The Bertz CT molecular complexity index is 1360. The molecule has 1 aromatic heterocycles. The molecule has 2 aliphatic heterocycles. The molecule has 0 saturated carbocycles. The molecule has 2 aromatic carbocycles. The lowest BCUT2D eigenvalue weighted by molar-refractivity contribution is -0.367. The third kappa shape index (κ3) is 4.23. The van der Waals surface area contributed by atoms with Crippen LogP contribution < -0.4 is 9.88 Å². The molecule has 3 aromatic rings. The van der Waals surface area contributed by atoms with Crippen LogP contribution in [0, 0.1) is 0 Å². The lowest BCUT2D eigenvalue weighted by Crippen LogP contribution is -2.50. The monoisotopic (exact) mass is 487 g/mol. The summed E-state index contributed by atoms with van der Waals surface area (Å²) in [5.41, 5.74) is 0. The zero-order valence-electron chi connectivity index (χ0n) is 18.2. The maximum atomic E-state index is 13.2. The van der Waals surface area contributed by atoms with Gasteiger partial charge in [-0.15, -0.1) is 0 Å². The largest absolute Gasteiger partial charge is 0.274 e. The van der Waals surface area contributed by atoms with Gasteiger partial charge >= 0.3 is 0 Å². The van der Waals surface area contributed by atoms with E-state index < -0.39 is 20.0 Å². The minimum Gasteiger partial charge on any atom is -0.259 e. The first-order valence-electron chi connectivity index (χ1n) is 11.1. The Balaban J connectivity index is 1.27. The Morgan fingerprint density at radius 3 is 1.91 bits per heavy atom. The van der Waals surface area contributed by atoms with Crippen molar-refractivity contribution in [3.05, 3.63) is 60.8 Å². The molecule has 2 aliphatic rings. The lowest BCUT2D eigenvalue weighted by Gasteiger charge is -2.30. The number of nitrogens with one attached hydrogen (secondary N) is 1. The van der Waals surface area contributed by atoms with E-state index in [-0.39, 0.29) is 4.90 Å². The topological polar surface area (TPSA) is 92.1 Å². The summed E-state index contributed by atoms with van der Waals surface area (Å²) in [5.74, 6) is 0.776. The van der Waals surface area contributed by atoms with E-state index in [1.54, 1.807) is 24.3 Å². The summed E-state index contributed by atoms with van der Waals surface area (Å²) in [4.78, 5) is 5.69. The quantitative estimate of drug-likeness (QED) is 0.549. The van der Waals surface area contributed by atoms with Crippen LogP contribution in [0.1, 0.15) is 12.8 Å². The van der Waals surface area contributed by atoms with Crippen LogP contribution in [0.3, 0.4) is 0 Å². The van der Waals surface area contributed by atoms with E-state index in [1.807, 2.05) is 35.2 Å². The van der Waals surface area contributed by atoms with E-state index in [2.05, 4.69) is 4.98 Å². The number of sulfonamides is 2. The van der Waals surface area contributed by atoms with Crippen LogP contribution in [-0.4, -0.2) is 64.7 Å². The Hall–Kier alpha value is -2.53. The summed E-state index contributed by atoms with van der Waals surface area (Å²) < 4.78 is 54.8. The van der Waals surface area contributed by atoms with Crippen LogP contribution in [0.2, 0.25) is 0 Å². The van der Waals surface area contributed by atoms with Gasteiger partial charge in [0.05, 0.1) is 31.1 Å². The van der Waals surface area contributed by atoms with Crippen LogP contribution in [0.15, 0.2) is 70.6 Å². The number of pyridine rings is 1. The molecule has 3 heterocycles. The normalized spacial score (nSPS) is 18.7. The molecular weight excluding hydrogens is 460 g/mol. The zero-order chi connectivity index (χ0) is 23.1. The first-order valence-corrected chi connectivity index (χ1v) is 14.0. The summed E-state index contributed by atoms with van der Waals surface area (Å²) in [7, 11) is -7.05. The molecule has 0 radical (unpaired) electrons. The van der Waals surface area contributed by atoms with Gasteiger partial charge < -0.3 is 0 Å². The number of piperazine rings is 1. The van der Waals surface area contributed by atoms with E-state index in [9.17, 15) is 16.8 Å². The summed E-state index contributed by atoms with van der Waals surface area (Å²) in [6.45, 7) is 2.88. The predicted molar refractivity (Wildman–Crippen MR) is 126 cm³/mol. The van der Waals surface area contributed by atoms with E-state index in [1.165, 1.54) is 14.8 Å². The van der Waals surface area contributed by atoms with Crippen LogP contribution in [0.4, 0.5) is 5.82 Å². The predicted octanol–water partition coefficient (Wildman–Crippen LogP) is 1.95. The number of hydrogen-bond donors (Lipinski definition) is 0. The molecule has 5 rings (SSSR count). The van der Waals surface area contributed by atoms with E-state index in [4.69, 9.17) is 0 Å². The molecular formula is C23H27N4O4S2+. The highest BCUT2D eigenvalue weighted by molar-refractivity contribution is 7.89. The number of aromatic amines is 1. The third-order valence-electron chi connectivity index (χ3n) is 6.41. The van der Waals surface area contributed by atoms with Crippen molar-refractivity contribution < 1.29 is 21.8 Å². The second-order valence-electron chi connectivity index (χ2n) is 8.42. The number of benzene rings is 2. The first kappa shape index (κ1) is 22.3. The summed E-state index contributed by atoms with van der Waals surface area (Å²) in [6.07, 6.45) is 3.32. The van der Waals surface area contributed by atoms with Gasteiger partial charge in [0, 0.05) is 19.2 Å². The van der Waals surface area contributed by atoms with Gasteiger partial charge in [-0.05, 0) is 41.8 Å². The van der Waals surface area contributed by atoms with Crippen molar-refractivity contribution in [2.45, 2.75) is 22.6 Å². The molecule has 0 aliphatic carbocycles. The summed E-state index contributed by atoms with van der Waals surface area (Å²) in [5, 5.41) is 1.91. The Kier molecular flexibility index (Phi) is 5.86. The molecule has 1 N–H and O–H groups in total. The van der Waals surface area contributed by atoms with Crippen LogP contribution in [0.5, 0.6) is 0 Å². The fourth-order valence-electron chi connectivity index (χ4n) is 4.48. The number of nitrogens with zero attached hydrogens (tertiary/aromatic N) is 3. The summed E-state index contributed by atoms with van der Waals surface area (Å²) >= 11 is 0. The Morgan fingerprint density at radius 1 is 0.636 bits per heavy atom. The molecule has 2 fully saturated rings. The molecule has 0 amide bonds. The minimum absolute atomic E-state index is 0.255. The van der Waals surface area contributed by atoms with Gasteiger partial charge in [0.25, 0.3) is 5.82 Å². The van der Waals surface area contributed by atoms with E-state index >= 15 is 0 Å². The van der Waals surface area contributed by atoms with E-state index in [0.29, 0.717) is 44.2 Å². The molecule has 33 heavy (non-hydrogen) atoms. The maximum Gasteiger partial charge on any atom is 0.274 e. The van der Waals surface area contributed by atoms with Crippen molar-refractivity contribution in [3.8, 4) is 0 Å². The van der Waals surface area contributed by atoms with Crippen LogP contribution >= 0.6 is 0 Å². The second kappa shape index (κ2) is 8.68. The number of fused-ring (bicyclic) bond motifs is 1. The number of rotatable bonds is 5. The molecule has 0 unspecified atom stereocenters. The van der Waals surface area contributed by atoms with Crippen LogP contribution in [-0.2, 0) is 20.0 Å². The fraction of sp³-hybridized carbons (Fsp3) is 0.348. The fourth-order valence-corrected chi connectivity index (χ4v) is 7.43. The van der Waals surface area contributed by atoms with Crippen molar-refractivity contribution in [1.29, 1.82) is 0 Å². The van der Waals surface area contributed by atoms with Crippen molar-refractivity contribution in [2.75, 3.05) is 44.2 Å². The molecule has 174 valence electrons. The molecule has 2 saturated heterocycles. The minimum atomic E-state index is -3.58. The average Bonchev–Trinajstić information content (AvgIpc) is 3.40. The number of anilines is 1. The highest BCUT2D eigenvalue weighted by Gasteiger charge is 2.33. The standard InChI is InChI=1S/C23H26N4O4S2/c28-32(29,21-8-7-19-5-1-2-6-20(19)17-21)27-15-13-25(14-16-27)23-10-9-22(18-24-23)33(30,31)26-11-3-4-12-26/h1-2,5-10,17-18H,3-4,11-16H2/p+1. The maximum absolute atomic E-state index is 13.2. The van der Waals surface area contributed by atoms with Gasteiger partial charge in [-0.1, -0.05) is 30.3 Å². The van der Waals surface area contributed by atoms with Gasteiger partial charge in [-0.3, -0.25) is 4.90 Å². The van der Waals surface area contributed by atoms with Crippen LogP contribution in [0.25, 0.3) is 10.8 Å². The SMILES string of the molecule is O=S(=O)(c1ccc(N2CCN(S(=O)(=O)c3ccc4ccccc4c3)CC2)[nH+]c1)N1CCCC1. The van der Waals surface area contributed by atoms with Gasteiger partial charge in [0.15, 0.2) is 0 Å². The van der Waals surface area contributed by atoms with Gasteiger partial charge in [-0.2, -0.15) is 8.61 Å². The average molecular weight is 488 g/mol. The third-order valence-corrected chi connectivity index (χ3v) is 10.2. The Morgan fingerprint density at radius 2 is 1.24 bits per heavy atom. The van der Waals surface area contributed by atoms with Gasteiger partial charge in [0.1, 0.15) is 11.1 Å². The number of aromatic nitrogens is 1. The zero-order valence-corrected chi connectivity index (χ0v) is 19.9. The number of hydrogen-bond acceptors (Lipinski definition) is 5. The molecule has 10 heteroatoms. The summed E-state index contributed by atoms with van der Waals surface area (Å²) in [6, 6.07) is 16.3. The van der Waals surface area contributed by atoms with E-state index in [0.717, 1.165) is 29.4 Å². The first-order chi connectivity index (χ1) is 15.9. The highest BCUT2D eigenvalue weighted by atomic mass is 32.2. The smallest absolute Gasteiger partial charge is 0.259 e. The number of H-pyrrole nitrogens is 1. The van der Waals surface area contributed by atoms with Gasteiger partial charge in [0.2, 0.25) is 20.0 Å². The van der Waals surface area contributed by atoms with Crippen molar-refractivity contribution in [2.24, 2.45) is 0 Å². The molecule has 0 spiro atoms. The molecule has 0 atom stereocenters. The van der Waals surface area contributed by atoms with Crippen molar-refractivity contribution in [1.82, 2.24) is 8.61 Å².